The van der Waals surface area contributed by atoms with Gasteiger partial charge in [0.05, 0.1) is 18.7 Å². The summed E-state index contributed by atoms with van der Waals surface area (Å²) in [5, 5.41) is 4.28. The molecule has 1 amide bonds. The molecule has 22 heavy (non-hydrogen) atoms. The number of hydrogen-bond acceptors (Lipinski definition) is 4. The van der Waals surface area contributed by atoms with E-state index in [1.807, 2.05) is 21.8 Å². The van der Waals surface area contributed by atoms with E-state index >= 15 is 0 Å². The molecule has 2 N–H and O–H groups in total. The maximum absolute atomic E-state index is 12.6. The molecule has 0 atom stereocenters. The van der Waals surface area contributed by atoms with Gasteiger partial charge in [0.15, 0.2) is 0 Å². The van der Waals surface area contributed by atoms with Crippen molar-refractivity contribution in [3.63, 3.8) is 0 Å². The molecule has 1 aliphatic rings. The lowest BCUT2D eigenvalue weighted by Gasteiger charge is -2.32. The van der Waals surface area contributed by atoms with Crippen LogP contribution in [0.3, 0.4) is 0 Å². The summed E-state index contributed by atoms with van der Waals surface area (Å²) in [4.78, 5) is 14.5. The number of aromatic nitrogens is 2. The molecular formula is C16H20N4O2. The van der Waals surface area contributed by atoms with Crippen molar-refractivity contribution in [2.24, 2.45) is 0 Å². The van der Waals surface area contributed by atoms with E-state index < -0.39 is 0 Å². The molecule has 0 aliphatic carbocycles. The molecule has 1 aliphatic heterocycles. The van der Waals surface area contributed by atoms with E-state index in [0.717, 1.165) is 25.9 Å². The molecule has 0 radical (unpaired) electrons. The highest BCUT2D eigenvalue weighted by atomic mass is 16.5. The zero-order valence-corrected chi connectivity index (χ0v) is 12.6. The molecule has 1 fully saturated rings. The number of amides is 1. The normalized spacial score (nSPS) is 15.8. The van der Waals surface area contributed by atoms with Crippen LogP contribution in [-0.2, 0) is 0 Å². The van der Waals surface area contributed by atoms with Crippen LogP contribution in [0.5, 0.6) is 5.75 Å². The van der Waals surface area contributed by atoms with Gasteiger partial charge in [-0.3, -0.25) is 9.48 Å². The molecule has 2 heterocycles. The number of carbonyl (C=O) groups is 1. The third-order valence-corrected chi connectivity index (χ3v) is 4.14. The summed E-state index contributed by atoms with van der Waals surface area (Å²) in [6, 6.07) is 7.47. The van der Waals surface area contributed by atoms with Crippen molar-refractivity contribution >= 4 is 11.6 Å². The molecule has 0 spiro atoms. The molecule has 6 nitrogen and oxygen atoms in total. The highest BCUT2D eigenvalue weighted by molar-refractivity contribution is 5.99. The van der Waals surface area contributed by atoms with E-state index in [9.17, 15) is 4.79 Å². The average molecular weight is 300 g/mol. The number of carbonyl (C=O) groups excluding carboxylic acids is 1. The molecule has 1 aromatic heterocycles. The van der Waals surface area contributed by atoms with Gasteiger partial charge in [0.1, 0.15) is 5.75 Å². The van der Waals surface area contributed by atoms with Crippen LogP contribution in [0.4, 0.5) is 5.69 Å². The van der Waals surface area contributed by atoms with Crippen molar-refractivity contribution in [3.8, 4) is 5.75 Å². The molecule has 0 saturated carbocycles. The van der Waals surface area contributed by atoms with Gasteiger partial charge in [-0.25, -0.2) is 0 Å². The fourth-order valence-corrected chi connectivity index (χ4v) is 2.86. The van der Waals surface area contributed by atoms with Gasteiger partial charge in [0.2, 0.25) is 0 Å². The number of methoxy groups -OCH3 is 1. The Bertz CT molecular complexity index is 646. The van der Waals surface area contributed by atoms with Crippen molar-refractivity contribution in [2.45, 2.75) is 18.9 Å². The van der Waals surface area contributed by atoms with E-state index in [4.69, 9.17) is 10.5 Å². The number of hydrogen-bond donors (Lipinski definition) is 1. The second-order valence-corrected chi connectivity index (χ2v) is 5.46. The summed E-state index contributed by atoms with van der Waals surface area (Å²) >= 11 is 0. The second-order valence-electron chi connectivity index (χ2n) is 5.46. The fourth-order valence-electron chi connectivity index (χ4n) is 2.86. The quantitative estimate of drug-likeness (QED) is 0.879. The second kappa shape index (κ2) is 6.09. The maximum atomic E-state index is 12.6. The molecule has 2 aromatic rings. The van der Waals surface area contributed by atoms with Crippen molar-refractivity contribution in [3.05, 3.63) is 42.2 Å². The van der Waals surface area contributed by atoms with E-state index in [1.54, 1.807) is 31.5 Å². The monoisotopic (exact) mass is 300 g/mol. The number of anilines is 1. The number of nitrogen functional groups attached to an aromatic ring is 1. The van der Waals surface area contributed by atoms with Gasteiger partial charge in [0, 0.05) is 37.2 Å². The number of nitrogens with two attached hydrogens (primary N) is 1. The predicted octanol–water partition coefficient (Wildman–Crippen LogP) is 1.95. The minimum Gasteiger partial charge on any atom is -0.497 e. The average Bonchev–Trinajstić information content (AvgIpc) is 3.08. The number of rotatable bonds is 3. The largest absolute Gasteiger partial charge is 0.497 e. The lowest BCUT2D eigenvalue weighted by atomic mass is 10.0. The molecule has 1 aromatic carbocycles. The third-order valence-electron chi connectivity index (χ3n) is 4.14. The van der Waals surface area contributed by atoms with Crippen molar-refractivity contribution in [1.82, 2.24) is 14.7 Å². The smallest absolute Gasteiger partial charge is 0.255 e. The first kappa shape index (κ1) is 14.4. The number of benzene rings is 1. The molecule has 0 bridgehead atoms. The van der Waals surface area contributed by atoms with Gasteiger partial charge in [0.25, 0.3) is 5.91 Å². The maximum Gasteiger partial charge on any atom is 0.255 e. The zero-order valence-electron chi connectivity index (χ0n) is 12.6. The number of nitrogens with zero attached hydrogens (tertiary/aromatic N) is 3. The number of likely N-dealkylation sites (tertiary alicyclic amines) is 1. The SMILES string of the molecule is COc1ccc(C(=O)N2CCC(n3cccn3)CC2)c(N)c1. The summed E-state index contributed by atoms with van der Waals surface area (Å²) < 4.78 is 7.09. The van der Waals surface area contributed by atoms with Crippen molar-refractivity contribution in [1.29, 1.82) is 0 Å². The Balaban J connectivity index is 1.67. The third kappa shape index (κ3) is 2.77. The van der Waals surface area contributed by atoms with E-state index in [-0.39, 0.29) is 5.91 Å². The lowest BCUT2D eigenvalue weighted by molar-refractivity contribution is 0.0691. The first-order valence-corrected chi connectivity index (χ1v) is 7.41. The van der Waals surface area contributed by atoms with Crippen LogP contribution < -0.4 is 10.5 Å². The van der Waals surface area contributed by atoms with Crippen LogP contribution >= 0.6 is 0 Å². The zero-order chi connectivity index (χ0) is 15.5. The van der Waals surface area contributed by atoms with Gasteiger partial charge in [-0.05, 0) is 31.0 Å². The Kier molecular flexibility index (Phi) is 4.00. The van der Waals surface area contributed by atoms with Crippen LogP contribution in [0, 0.1) is 0 Å². The lowest BCUT2D eigenvalue weighted by Crippen LogP contribution is -2.39. The standard InChI is InChI=1S/C16H20N4O2/c1-22-13-3-4-14(15(17)11-13)16(21)19-9-5-12(6-10-19)20-8-2-7-18-20/h2-4,7-8,11-12H,5-6,9-10,17H2,1H3. The van der Waals surface area contributed by atoms with Crippen molar-refractivity contribution in [2.75, 3.05) is 25.9 Å². The summed E-state index contributed by atoms with van der Waals surface area (Å²) in [5.41, 5.74) is 6.96. The number of piperidine rings is 1. The minimum atomic E-state index is -0.0148. The molecule has 6 heteroatoms. The fraction of sp³-hybridized carbons (Fsp3) is 0.375. The van der Waals surface area contributed by atoms with E-state index in [1.165, 1.54) is 0 Å². The Morgan fingerprint density at radius 2 is 2.14 bits per heavy atom. The van der Waals surface area contributed by atoms with E-state index in [0.29, 0.717) is 23.0 Å². The van der Waals surface area contributed by atoms with Crippen LogP contribution in [-0.4, -0.2) is 40.8 Å². The first-order valence-electron chi connectivity index (χ1n) is 7.41. The van der Waals surface area contributed by atoms with Crippen LogP contribution in [0.15, 0.2) is 36.7 Å². The van der Waals surface area contributed by atoms with Gasteiger partial charge in [-0.2, -0.15) is 5.10 Å². The predicted molar refractivity (Wildman–Crippen MR) is 83.8 cm³/mol. The Morgan fingerprint density at radius 3 is 2.73 bits per heavy atom. The molecule has 116 valence electrons. The highest BCUT2D eigenvalue weighted by Crippen LogP contribution is 2.25. The van der Waals surface area contributed by atoms with Crippen LogP contribution in [0.1, 0.15) is 29.2 Å². The van der Waals surface area contributed by atoms with Crippen LogP contribution in [0.25, 0.3) is 0 Å². The number of ether oxygens (including phenoxy) is 1. The van der Waals surface area contributed by atoms with Gasteiger partial charge in [-0.1, -0.05) is 0 Å². The summed E-state index contributed by atoms with van der Waals surface area (Å²) in [7, 11) is 1.58. The van der Waals surface area contributed by atoms with Crippen LogP contribution in [0.2, 0.25) is 0 Å². The minimum absolute atomic E-state index is 0.0148. The molecular weight excluding hydrogens is 280 g/mol. The summed E-state index contributed by atoms with van der Waals surface area (Å²) in [5.74, 6) is 0.644. The Morgan fingerprint density at radius 1 is 1.36 bits per heavy atom. The first-order chi connectivity index (χ1) is 10.7. The molecule has 3 rings (SSSR count). The Hall–Kier alpha value is -2.50. The van der Waals surface area contributed by atoms with Gasteiger partial charge < -0.3 is 15.4 Å². The molecule has 0 unspecified atom stereocenters. The topological polar surface area (TPSA) is 73.4 Å². The molecule has 1 saturated heterocycles. The summed E-state index contributed by atoms with van der Waals surface area (Å²) in [6.45, 7) is 1.43. The Labute approximate surface area is 129 Å². The van der Waals surface area contributed by atoms with Gasteiger partial charge in [-0.15, -0.1) is 0 Å². The summed E-state index contributed by atoms with van der Waals surface area (Å²) in [6.07, 6.45) is 5.58. The van der Waals surface area contributed by atoms with Gasteiger partial charge >= 0.3 is 0 Å². The highest BCUT2D eigenvalue weighted by Gasteiger charge is 2.25. The van der Waals surface area contributed by atoms with Crippen molar-refractivity contribution < 1.29 is 9.53 Å². The van der Waals surface area contributed by atoms with E-state index in [2.05, 4.69) is 5.10 Å².